The number of halogens is 3. The summed E-state index contributed by atoms with van der Waals surface area (Å²) in [5, 5.41) is 19.4. The van der Waals surface area contributed by atoms with E-state index in [0.29, 0.717) is 75.4 Å². The van der Waals surface area contributed by atoms with E-state index in [1.54, 1.807) is 6.07 Å². The maximum Gasteiger partial charge on any atom is 0.240 e. The molecule has 0 radical (unpaired) electrons. The summed E-state index contributed by atoms with van der Waals surface area (Å²) in [7, 11) is 0. The summed E-state index contributed by atoms with van der Waals surface area (Å²) in [6.07, 6.45) is 3.21. The van der Waals surface area contributed by atoms with Crippen molar-refractivity contribution in [1.82, 2.24) is 27.0 Å². The molecule has 4 fully saturated rings. The zero-order valence-corrected chi connectivity index (χ0v) is 47.4. The van der Waals surface area contributed by atoms with E-state index in [0.717, 1.165) is 117 Å². The van der Waals surface area contributed by atoms with E-state index in [-0.39, 0.29) is 59.0 Å². The molecule has 5 amide bonds. The van der Waals surface area contributed by atoms with Crippen molar-refractivity contribution in [3.63, 3.8) is 0 Å². The summed E-state index contributed by atoms with van der Waals surface area (Å²) in [6, 6.07) is 25.0. The van der Waals surface area contributed by atoms with E-state index in [4.69, 9.17) is 14.2 Å². The maximum atomic E-state index is 14.4. The Morgan fingerprint density at radius 2 is 0.819 bits per heavy atom. The fourth-order valence-electron chi connectivity index (χ4n) is 10.3. The van der Waals surface area contributed by atoms with E-state index in [2.05, 4.69) is 76.6 Å². The van der Waals surface area contributed by atoms with Crippen molar-refractivity contribution < 1.29 is 51.4 Å². The third-order valence-corrected chi connectivity index (χ3v) is 14.8. The minimum Gasteiger partial charge on any atom is -0.379 e. The summed E-state index contributed by atoms with van der Waals surface area (Å²) in [4.78, 5) is 62.6. The van der Waals surface area contributed by atoms with Gasteiger partial charge in [-0.3, -0.25) is 24.0 Å². The van der Waals surface area contributed by atoms with E-state index < -0.39 is 11.6 Å². The first-order valence-corrected chi connectivity index (χ1v) is 28.3. The van der Waals surface area contributed by atoms with Crippen LogP contribution in [0, 0.1) is 41.1 Å². The van der Waals surface area contributed by atoms with Gasteiger partial charge in [0, 0.05) is 124 Å². The number of carbonyl (C=O) groups excluding carboxylic acids is 5. The molecule has 20 nitrogen and oxygen atoms in total. The van der Waals surface area contributed by atoms with Gasteiger partial charge in [0.15, 0.2) is 11.6 Å². The van der Waals surface area contributed by atoms with Crippen LogP contribution < -0.4 is 41.7 Å². The standard InChI is InChI=1S/C15H18FN3O2.C15H19N3O2.C15H17N3O2.C11H10F2N2O.C4H9NO/c1-10-8-14(20)17-18-15(10)11-2-3-13(12(16)9-11)19-4-6-21-7-5-19;1-11-10-14(19)16-17-15(11)12-2-4-13(5-3-12)18-6-8-20-9-7-18;1-10-9-13(19)16-17-15(10)11-4-6-12(7-5-11)18-8-2-3-14(18)20;1-6-4-10(16)14-15-11(6)7-2-3-8(12)9(13)5-7;1-3-6-4-2-5-1/h2-3,9-10H,4-8H2,1H3,(H,17,20);2-5,11H,6-10H2,1H3,(H,16,19);4-7,10H,2-3,8-9H2,1H3,(H,16,19);2-3,5-6H,4H2,1H3,(H,14,16);5H,1-4H2/t10-;11-;10-;6-;/m0010./s1. The molecular formula is C60H73F3N12O8. The molecular weight excluding hydrogens is 1070 g/mol. The normalized spacial score (nSPS) is 22.5. The van der Waals surface area contributed by atoms with Crippen molar-refractivity contribution in [1.29, 1.82) is 0 Å². The molecule has 0 bridgehead atoms. The van der Waals surface area contributed by atoms with Crippen molar-refractivity contribution in [2.24, 2.45) is 44.1 Å². The van der Waals surface area contributed by atoms with Gasteiger partial charge in [0.05, 0.1) is 68.2 Å². The van der Waals surface area contributed by atoms with E-state index >= 15 is 0 Å². The van der Waals surface area contributed by atoms with Crippen LogP contribution in [0.1, 0.15) is 88.5 Å². The Kier molecular flexibility index (Phi) is 22.1. The molecule has 4 aromatic carbocycles. The number of benzene rings is 4. The Morgan fingerprint density at radius 3 is 1.19 bits per heavy atom. The number of amides is 5. The number of rotatable bonds is 7. The minimum absolute atomic E-state index is 0.00705. The Bertz CT molecular complexity index is 3040. The molecule has 0 spiro atoms. The molecule has 5 N–H and O–H groups in total. The first-order chi connectivity index (χ1) is 40.1. The van der Waals surface area contributed by atoms with Gasteiger partial charge in [0.2, 0.25) is 29.5 Å². The van der Waals surface area contributed by atoms with Crippen LogP contribution in [0.25, 0.3) is 0 Å². The molecule has 4 aromatic rings. The van der Waals surface area contributed by atoms with Gasteiger partial charge in [-0.2, -0.15) is 20.4 Å². The summed E-state index contributed by atoms with van der Waals surface area (Å²) in [6.45, 7) is 18.5. The molecule has 4 saturated heterocycles. The maximum absolute atomic E-state index is 14.4. The lowest BCUT2D eigenvalue weighted by molar-refractivity contribution is -0.122. The van der Waals surface area contributed by atoms with Crippen LogP contribution in [-0.4, -0.2) is 138 Å². The molecule has 4 atom stereocenters. The molecule has 8 aliphatic heterocycles. The molecule has 0 aromatic heterocycles. The summed E-state index contributed by atoms with van der Waals surface area (Å²) < 4.78 is 55.8. The number of hydrogen-bond acceptors (Lipinski definition) is 15. The fraction of sp³-hybridized carbons (Fsp3) is 0.450. The highest BCUT2D eigenvalue weighted by atomic mass is 19.2. The highest BCUT2D eigenvalue weighted by Crippen LogP contribution is 2.27. The van der Waals surface area contributed by atoms with Crippen LogP contribution in [0.5, 0.6) is 0 Å². The number of hydrazone groups is 4. The van der Waals surface area contributed by atoms with Crippen molar-refractivity contribution in [3.8, 4) is 0 Å². The zero-order chi connectivity index (χ0) is 58.8. The molecule has 442 valence electrons. The van der Waals surface area contributed by atoms with Crippen LogP contribution in [-0.2, 0) is 38.2 Å². The van der Waals surface area contributed by atoms with Crippen molar-refractivity contribution in [2.45, 2.75) is 66.2 Å². The monoisotopic (exact) mass is 1150 g/mol. The number of anilines is 3. The first kappa shape index (κ1) is 61.2. The van der Waals surface area contributed by atoms with Crippen LogP contribution in [0.4, 0.5) is 30.2 Å². The first-order valence-electron chi connectivity index (χ1n) is 28.3. The number of carbonyl (C=O) groups is 5. The molecule has 8 heterocycles. The van der Waals surface area contributed by atoms with Crippen LogP contribution in [0.15, 0.2) is 105 Å². The van der Waals surface area contributed by atoms with Crippen LogP contribution in [0.2, 0.25) is 0 Å². The molecule has 0 unspecified atom stereocenters. The van der Waals surface area contributed by atoms with Gasteiger partial charge in [0.25, 0.3) is 0 Å². The Balaban J connectivity index is 0.000000140. The van der Waals surface area contributed by atoms with Crippen molar-refractivity contribution in [2.75, 3.05) is 100 Å². The summed E-state index contributed by atoms with van der Waals surface area (Å²) >= 11 is 0. The van der Waals surface area contributed by atoms with E-state index in [1.807, 2.05) is 67.8 Å². The Hall–Kier alpha value is -7.86. The topological polar surface area (TPSA) is 232 Å². The van der Waals surface area contributed by atoms with Gasteiger partial charge >= 0.3 is 0 Å². The summed E-state index contributed by atoms with van der Waals surface area (Å²) in [5.41, 5.74) is 19.0. The lowest BCUT2D eigenvalue weighted by Crippen LogP contribution is -2.37. The second kappa shape index (κ2) is 29.9. The van der Waals surface area contributed by atoms with Crippen LogP contribution in [0.3, 0.4) is 0 Å². The number of nitrogens with one attached hydrogen (secondary N) is 5. The zero-order valence-electron chi connectivity index (χ0n) is 47.4. The highest BCUT2D eigenvalue weighted by Gasteiger charge is 2.27. The molecule has 83 heavy (non-hydrogen) atoms. The van der Waals surface area contributed by atoms with Crippen molar-refractivity contribution >= 4 is 69.4 Å². The predicted molar refractivity (Wildman–Crippen MR) is 311 cm³/mol. The smallest absolute Gasteiger partial charge is 0.240 e. The van der Waals surface area contributed by atoms with Gasteiger partial charge in [-0.25, -0.2) is 34.9 Å². The molecule has 12 rings (SSSR count). The third kappa shape index (κ3) is 17.1. The molecule has 0 aliphatic carbocycles. The average molecular weight is 1150 g/mol. The minimum atomic E-state index is -0.913. The lowest BCUT2D eigenvalue weighted by atomic mass is 9.94. The van der Waals surface area contributed by atoms with Gasteiger partial charge < -0.3 is 34.2 Å². The molecule has 23 heteroatoms. The van der Waals surface area contributed by atoms with Crippen molar-refractivity contribution in [3.05, 3.63) is 125 Å². The lowest BCUT2D eigenvalue weighted by Gasteiger charge is -2.29. The summed E-state index contributed by atoms with van der Waals surface area (Å²) in [5.74, 6) is -2.02. The van der Waals surface area contributed by atoms with Gasteiger partial charge in [-0.05, 0) is 72.1 Å². The van der Waals surface area contributed by atoms with Gasteiger partial charge in [-0.1, -0.05) is 58.0 Å². The number of morpholine rings is 3. The molecule has 8 aliphatic rings. The fourth-order valence-corrected chi connectivity index (χ4v) is 10.3. The average Bonchev–Trinajstić information content (AvgIpc) is 4.14. The second-order valence-corrected chi connectivity index (χ2v) is 21.1. The quantitative estimate of drug-likeness (QED) is 0.144. The van der Waals surface area contributed by atoms with Gasteiger partial charge in [-0.15, -0.1) is 0 Å². The highest BCUT2D eigenvalue weighted by molar-refractivity contribution is 6.08. The number of hydrogen-bond donors (Lipinski definition) is 5. The van der Waals surface area contributed by atoms with Gasteiger partial charge in [0.1, 0.15) is 5.82 Å². The second-order valence-electron chi connectivity index (χ2n) is 21.1. The third-order valence-electron chi connectivity index (χ3n) is 14.8. The largest absolute Gasteiger partial charge is 0.379 e. The van der Waals surface area contributed by atoms with E-state index in [1.165, 1.54) is 17.8 Å². The molecule has 0 saturated carbocycles. The number of nitrogens with zero attached hydrogens (tertiary/aromatic N) is 7. The van der Waals surface area contributed by atoms with E-state index in [9.17, 15) is 37.1 Å². The predicted octanol–water partition coefficient (Wildman–Crippen LogP) is 6.01. The van der Waals surface area contributed by atoms with Crippen LogP contribution >= 0.6 is 0 Å². The Labute approximate surface area is 481 Å². The number of ether oxygens (including phenoxy) is 3. The Morgan fingerprint density at radius 1 is 0.434 bits per heavy atom. The SMILES string of the molecule is C1COCCN1.C[C@@H]1CC(=O)NN=C1c1ccc(N2CCCC2=O)cc1.C[C@H]1CC(=O)NN=C1c1ccc(F)c(F)c1.C[C@H]1CC(=O)NN=C1c1ccc(N2CCOCC2)c(F)c1.C[C@H]1CC(=O)NN=C1c1ccc(N2CCOCC2)cc1.